The second-order valence-electron chi connectivity index (χ2n) is 0.247. The van der Waals surface area contributed by atoms with Gasteiger partial charge in [0.15, 0.2) is 0 Å². The molecule has 0 spiro atoms. The van der Waals surface area contributed by atoms with E-state index in [-0.39, 0.29) is 101 Å². The SMILES string of the molecule is [CaH2].[Cr].[F][Al]([F])[F].[SrH2]. The Bertz CT molecular complexity index is 19.7. The molecule has 0 bridgehead atoms. The van der Waals surface area contributed by atoms with E-state index < -0.39 is 15.5 Å². The van der Waals surface area contributed by atoms with Crippen molar-refractivity contribution >= 4 is 98.7 Å². The normalized spacial score (nSPS) is 3.86. The first-order valence-corrected chi connectivity index (χ1v) is 1.96. The monoisotopic (exact) mass is 268 g/mol. The van der Waals surface area contributed by atoms with E-state index >= 15 is 0 Å². The van der Waals surface area contributed by atoms with Crippen molar-refractivity contribution < 1.29 is 27.9 Å². The maximum absolute atomic E-state index is 9.81. The summed E-state index contributed by atoms with van der Waals surface area (Å²) in [5, 5.41) is 0. The predicted molar refractivity (Wildman–Crippen MR) is 26.2 cm³/mol. The third kappa shape index (κ3) is 42.8. The van der Waals surface area contributed by atoms with Crippen molar-refractivity contribution in [2.75, 3.05) is 0 Å². The molecule has 0 aliphatic carbocycles. The summed E-state index contributed by atoms with van der Waals surface area (Å²) in [5.41, 5.74) is 0. The van der Waals surface area contributed by atoms with Gasteiger partial charge in [0.25, 0.3) is 0 Å². The first kappa shape index (κ1) is 22.4. The molecule has 0 N–H and O–H groups in total. The van der Waals surface area contributed by atoms with Gasteiger partial charge in [-0.05, 0) is 0 Å². The maximum atomic E-state index is 9.81. The Morgan fingerprint density at radius 3 is 1.00 bits per heavy atom. The van der Waals surface area contributed by atoms with E-state index in [4.69, 9.17) is 0 Å². The van der Waals surface area contributed by atoms with Crippen molar-refractivity contribution in [2.24, 2.45) is 0 Å². The van der Waals surface area contributed by atoms with Gasteiger partial charge >= 0.3 is 98.7 Å². The fourth-order valence-electron chi connectivity index (χ4n) is 0. The first-order chi connectivity index (χ1) is 1.73. The van der Waals surface area contributed by atoms with Crippen LogP contribution >= 0.6 is 0 Å². The standard InChI is InChI=1S/Al.Ca.Cr.3FH.Sr.4H/h;;;3*1H;;;;;/q+3;;;;;;;;;;/p-3. The van der Waals surface area contributed by atoms with Crippen LogP contribution in [0, 0.1) is 0 Å². The summed E-state index contributed by atoms with van der Waals surface area (Å²) in [4.78, 5) is 0. The van der Waals surface area contributed by atoms with Crippen molar-refractivity contribution in [3.8, 4) is 0 Å². The Hall–Kier alpha value is 3.60. The molecule has 7 heavy (non-hydrogen) atoms. The van der Waals surface area contributed by atoms with Gasteiger partial charge in [0, 0.05) is 17.4 Å². The second-order valence-corrected chi connectivity index (χ2v) is 0.742. The molecule has 0 atom stereocenters. The first-order valence-electron chi connectivity index (χ1n) is 0.655. The third-order valence-electron chi connectivity index (χ3n) is 0. The average Bonchev–Trinajstić information content (AvgIpc) is 0.811. The molecule has 0 heterocycles. The van der Waals surface area contributed by atoms with Crippen molar-refractivity contribution in [1.82, 2.24) is 0 Å². The molecule has 0 aromatic rings. The summed E-state index contributed by atoms with van der Waals surface area (Å²) in [7, 11) is 0. The molecule has 0 saturated carbocycles. The fourth-order valence-corrected chi connectivity index (χ4v) is 0. The number of hydrogen-bond acceptors (Lipinski definition) is 0. The Kier molecular flexibility index (Phi) is 52.2. The van der Waals surface area contributed by atoms with E-state index in [2.05, 4.69) is 0 Å². The zero-order chi connectivity index (χ0) is 3.58. The minimum atomic E-state index is -4.64. The predicted octanol–water partition coefficient (Wildman–Crippen LogP) is -0.955. The number of rotatable bonds is 0. The summed E-state index contributed by atoms with van der Waals surface area (Å²) in [6.45, 7) is 0. The third-order valence-corrected chi connectivity index (χ3v) is 0. The van der Waals surface area contributed by atoms with E-state index in [0.29, 0.717) is 0 Å². The number of hydrogen-bond donors (Lipinski definition) is 0. The summed E-state index contributed by atoms with van der Waals surface area (Å²) < 4.78 is 29.4. The van der Waals surface area contributed by atoms with Crippen LogP contribution < -0.4 is 0 Å². The summed E-state index contributed by atoms with van der Waals surface area (Å²) >= 11 is -4.64. The van der Waals surface area contributed by atoms with E-state index in [1.165, 1.54) is 0 Å². The number of halogens is 3. The van der Waals surface area contributed by atoms with Gasteiger partial charge in [0.1, 0.15) is 0 Å². The molecule has 38 valence electrons. The molecule has 0 amide bonds. The van der Waals surface area contributed by atoms with Crippen LogP contribution in [0.25, 0.3) is 0 Å². The van der Waals surface area contributed by atoms with Gasteiger partial charge in [-0.15, -0.1) is 0 Å². The zero-order valence-electron chi connectivity index (χ0n) is 2.12. The van der Waals surface area contributed by atoms with Gasteiger partial charge in [-0.25, -0.2) is 0 Å². The molecule has 0 fully saturated rings. The van der Waals surface area contributed by atoms with Crippen molar-refractivity contribution in [3.63, 3.8) is 0 Å². The van der Waals surface area contributed by atoms with Crippen LogP contribution in [0.5, 0.6) is 0 Å². The van der Waals surface area contributed by atoms with E-state index in [9.17, 15) is 10.6 Å². The van der Waals surface area contributed by atoms with Crippen LogP contribution in [0.3, 0.4) is 0 Å². The van der Waals surface area contributed by atoms with Gasteiger partial charge in [-0.1, -0.05) is 0 Å². The zero-order valence-corrected chi connectivity index (χ0v) is 4.55. The van der Waals surface area contributed by atoms with Crippen LogP contribution in [0.1, 0.15) is 0 Å². The van der Waals surface area contributed by atoms with Crippen molar-refractivity contribution in [3.05, 3.63) is 0 Å². The van der Waals surface area contributed by atoms with Gasteiger partial charge in [0.2, 0.25) is 0 Å². The van der Waals surface area contributed by atoms with Gasteiger partial charge in [0.05, 0.1) is 0 Å². The Morgan fingerprint density at radius 1 is 1.00 bits per heavy atom. The van der Waals surface area contributed by atoms with Crippen LogP contribution in [0.15, 0.2) is 0 Å². The molecule has 0 aromatic carbocycles. The molecule has 0 aliphatic rings. The Balaban J connectivity index is -0.0000000150. The van der Waals surface area contributed by atoms with Crippen LogP contribution in [0.4, 0.5) is 10.6 Å². The minimum absolute atomic E-state index is 0. The molecule has 0 aromatic heterocycles. The van der Waals surface area contributed by atoms with Gasteiger partial charge in [-0.2, -0.15) is 0 Å². The molecule has 0 radical (unpaired) electrons. The van der Waals surface area contributed by atoms with Crippen molar-refractivity contribution in [1.29, 1.82) is 0 Å². The molecule has 0 rings (SSSR count). The molecule has 7 heteroatoms. The fraction of sp³-hybridized carbons (Fsp3) is 0. The Morgan fingerprint density at radius 2 is 1.00 bits per heavy atom. The molecular weight excluding hydrogens is 264 g/mol. The van der Waals surface area contributed by atoms with E-state index in [1.807, 2.05) is 0 Å². The molecule has 0 aliphatic heterocycles. The van der Waals surface area contributed by atoms with Gasteiger partial charge < -0.3 is 10.6 Å². The summed E-state index contributed by atoms with van der Waals surface area (Å²) in [5.74, 6) is 0. The summed E-state index contributed by atoms with van der Waals surface area (Å²) in [6, 6.07) is 0. The average molecular weight is 268 g/mol. The quantitative estimate of drug-likeness (QED) is 0.496. The van der Waals surface area contributed by atoms with Gasteiger partial charge in [-0.3, -0.25) is 0 Å². The molecule has 0 nitrogen and oxygen atoms in total. The van der Waals surface area contributed by atoms with Crippen molar-refractivity contribution in [2.45, 2.75) is 0 Å². The molecule has 0 saturated heterocycles. The topological polar surface area (TPSA) is 0 Å². The Labute approximate surface area is 123 Å². The van der Waals surface area contributed by atoms with E-state index in [1.54, 1.807) is 0 Å². The van der Waals surface area contributed by atoms with Crippen LogP contribution in [-0.2, 0) is 17.4 Å². The van der Waals surface area contributed by atoms with E-state index in [0.717, 1.165) is 0 Å². The van der Waals surface area contributed by atoms with Crippen LogP contribution in [0.2, 0.25) is 0 Å². The summed E-state index contributed by atoms with van der Waals surface area (Å²) in [6.07, 6.45) is 0. The second kappa shape index (κ2) is 16.3. The van der Waals surface area contributed by atoms with Crippen LogP contribution in [-0.4, -0.2) is 98.7 Å². The molecule has 0 unspecified atom stereocenters. The molecular formula is H4AlCaCrF3Sr.